The normalized spacial score (nSPS) is 40.2. The number of esters is 1. The van der Waals surface area contributed by atoms with Crippen molar-refractivity contribution >= 4 is 5.97 Å². The van der Waals surface area contributed by atoms with E-state index in [0.29, 0.717) is 24.5 Å². The molecule has 2 fully saturated rings. The zero-order valence-corrected chi connectivity index (χ0v) is 11.5. The van der Waals surface area contributed by atoms with Crippen molar-refractivity contribution in [2.24, 2.45) is 23.7 Å². The molecule has 0 aromatic heterocycles. The Labute approximate surface area is 114 Å². The SMILES string of the molecule is C=CC(=O)OC(C)COC1C2CCC1C1CC=CC12. The van der Waals surface area contributed by atoms with E-state index >= 15 is 0 Å². The second kappa shape index (κ2) is 5.12. The maximum Gasteiger partial charge on any atom is 0.330 e. The molecule has 3 heteroatoms. The summed E-state index contributed by atoms with van der Waals surface area (Å²) >= 11 is 0. The zero-order chi connectivity index (χ0) is 13.4. The molecule has 2 bridgehead atoms. The van der Waals surface area contributed by atoms with Crippen LogP contribution in [0, 0.1) is 23.7 Å². The van der Waals surface area contributed by atoms with E-state index < -0.39 is 0 Å². The van der Waals surface area contributed by atoms with Crippen LogP contribution in [0.3, 0.4) is 0 Å². The number of carbonyl (C=O) groups is 1. The minimum atomic E-state index is -0.370. The minimum Gasteiger partial charge on any atom is -0.457 e. The van der Waals surface area contributed by atoms with Gasteiger partial charge < -0.3 is 9.47 Å². The minimum absolute atomic E-state index is 0.194. The quantitative estimate of drug-likeness (QED) is 0.434. The molecule has 6 atom stereocenters. The maximum atomic E-state index is 11.1. The van der Waals surface area contributed by atoms with Crippen molar-refractivity contribution in [3.63, 3.8) is 0 Å². The molecule has 3 nitrogen and oxygen atoms in total. The smallest absolute Gasteiger partial charge is 0.330 e. The lowest BCUT2D eigenvalue weighted by Gasteiger charge is -2.22. The van der Waals surface area contributed by atoms with E-state index in [1.54, 1.807) is 0 Å². The van der Waals surface area contributed by atoms with Gasteiger partial charge in [0.15, 0.2) is 0 Å². The van der Waals surface area contributed by atoms with Crippen molar-refractivity contribution in [1.29, 1.82) is 0 Å². The lowest BCUT2D eigenvalue weighted by atomic mass is 9.82. The molecule has 0 saturated heterocycles. The highest BCUT2D eigenvalue weighted by atomic mass is 16.6. The topological polar surface area (TPSA) is 35.5 Å². The van der Waals surface area contributed by atoms with Gasteiger partial charge in [-0.25, -0.2) is 4.79 Å². The van der Waals surface area contributed by atoms with Crippen molar-refractivity contribution in [3.8, 4) is 0 Å². The van der Waals surface area contributed by atoms with Gasteiger partial charge in [-0.2, -0.15) is 0 Å². The molecule has 3 rings (SSSR count). The third-order valence-corrected chi connectivity index (χ3v) is 4.99. The fourth-order valence-electron chi connectivity index (χ4n) is 4.29. The second-order valence-corrected chi connectivity index (χ2v) is 6.06. The van der Waals surface area contributed by atoms with Gasteiger partial charge >= 0.3 is 5.97 Å². The Kier molecular flexibility index (Phi) is 3.48. The summed E-state index contributed by atoms with van der Waals surface area (Å²) in [5, 5.41) is 0. The predicted molar refractivity (Wildman–Crippen MR) is 72.4 cm³/mol. The molecule has 3 aliphatic rings. The van der Waals surface area contributed by atoms with Crippen LogP contribution in [0.15, 0.2) is 24.8 Å². The van der Waals surface area contributed by atoms with E-state index in [1.165, 1.54) is 25.3 Å². The van der Waals surface area contributed by atoms with E-state index in [2.05, 4.69) is 18.7 Å². The van der Waals surface area contributed by atoms with Gasteiger partial charge in [0.2, 0.25) is 0 Å². The Balaban J connectivity index is 1.53. The Morgan fingerprint density at radius 3 is 2.95 bits per heavy atom. The van der Waals surface area contributed by atoms with Crippen molar-refractivity contribution in [2.45, 2.75) is 38.4 Å². The molecule has 19 heavy (non-hydrogen) atoms. The lowest BCUT2D eigenvalue weighted by molar-refractivity contribution is -0.146. The average molecular weight is 262 g/mol. The summed E-state index contributed by atoms with van der Waals surface area (Å²) in [6, 6.07) is 0. The van der Waals surface area contributed by atoms with Gasteiger partial charge in [-0.05, 0) is 49.9 Å². The third-order valence-electron chi connectivity index (χ3n) is 4.99. The number of ether oxygens (including phenoxy) is 2. The Morgan fingerprint density at radius 1 is 1.42 bits per heavy atom. The van der Waals surface area contributed by atoms with Crippen LogP contribution >= 0.6 is 0 Å². The summed E-state index contributed by atoms with van der Waals surface area (Å²) in [4.78, 5) is 11.1. The number of carbonyl (C=O) groups excluding carboxylic acids is 1. The van der Waals surface area contributed by atoms with Crippen molar-refractivity contribution < 1.29 is 14.3 Å². The highest BCUT2D eigenvalue weighted by Gasteiger charge is 2.54. The Hall–Kier alpha value is -1.09. The molecular weight excluding hydrogens is 240 g/mol. The van der Waals surface area contributed by atoms with Crippen LogP contribution in [0.4, 0.5) is 0 Å². The molecule has 3 aliphatic carbocycles. The Morgan fingerprint density at radius 2 is 2.21 bits per heavy atom. The lowest BCUT2D eigenvalue weighted by Crippen LogP contribution is -2.27. The summed E-state index contributed by atoms with van der Waals surface area (Å²) in [6.07, 6.45) is 9.95. The van der Waals surface area contributed by atoms with Crippen LogP contribution in [-0.2, 0) is 14.3 Å². The van der Waals surface area contributed by atoms with Crippen LogP contribution in [0.25, 0.3) is 0 Å². The summed E-state index contributed by atoms with van der Waals surface area (Å²) in [5.74, 6) is 2.60. The molecular formula is C16H22O3. The number of hydrogen-bond acceptors (Lipinski definition) is 3. The highest BCUT2D eigenvalue weighted by molar-refractivity contribution is 5.81. The fourth-order valence-corrected chi connectivity index (χ4v) is 4.29. The molecule has 0 amide bonds. The van der Waals surface area contributed by atoms with Crippen LogP contribution < -0.4 is 0 Å². The first kappa shape index (κ1) is 12.9. The van der Waals surface area contributed by atoms with Gasteiger partial charge in [-0.15, -0.1) is 0 Å². The number of allylic oxidation sites excluding steroid dienone is 2. The number of fused-ring (bicyclic) bond motifs is 5. The first-order chi connectivity index (χ1) is 9.20. The van der Waals surface area contributed by atoms with Crippen molar-refractivity contribution in [3.05, 3.63) is 24.8 Å². The maximum absolute atomic E-state index is 11.1. The van der Waals surface area contributed by atoms with Gasteiger partial charge in [0.25, 0.3) is 0 Å². The standard InChI is InChI=1S/C16H22O3/c1-3-15(17)19-10(2)9-18-16-13-7-8-14(16)12-6-4-5-11(12)13/h3-5,10-14,16H,1,6-9H2,2H3. The van der Waals surface area contributed by atoms with E-state index in [9.17, 15) is 4.79 Å². The second-order valence-electron chi connectivity index (χ2n) is 6.06. The zero-order valence-electron chi connectivity index (χ0n) is 11.5. The molecule has 0 heterocycles. The van der Waals surface area contributed by atoms with Crippen molar-refractivity contribution in [1.82, 2.24) is 0 Å². The molecule has 0 N–H and O–H groups in total. The number of rotatable bonds is 5. The predicted octanol–water partition coefficient (Wildman–Crippen LogP) is 2.72. The summed E-state index contributed by atoms with van der Waals surface area (Å²) in [6.45, 7) is 5.78. The fraction of sp³-hybridized carbons (Fsp3) is 0.688. The summed E-state index contributed by atoms with van der Waals surface area (Å²) < 4.78 is 11.2. The van der Waals surface area contributed by atoms with Gasteiger partial charge in [0, 0.05) is 6.08 Å². The van der Waals surface area contributed by atoms with Gasteiger partial charge in [0.05, 0.1) is 12.7 Å². The third kappa shape index (κ3) is 2.25. The van der Waals surface area contributed by atoms with Crippen LogP contribution in [0.5, 0.6) is 0 Å². The molecule has 0 aromatic carbocycles. The van der Waals surface area contributed by atoms with Crippen LogP contribution in [0.1, 0.15) is 26.2 Å². The molecule has 6 unspecified atom stereocenters. The largest absolute Gasteiger partial charge is 0.457 e. The molecule has 0 aliphatic heterocycles. The average Bonchev–Trinajstić information content (AvgIpc) is 3.07. The molecule has 2 saturated carbocycles. The van der Waals surface area contributed by atoms with Crippen molar-refractivity contribution in [2.75, 3.05) is 6.61 Å². The Bertz CT molecular complexity index is 401. The van der Waals surface area contributed by atoms with Crippen LogP contribution in [-0.4, -0.2) is 24.8 Å². The molecule has 0 spiro atoms. The highest BCUT2D eigenvalue weighted by Crippen LogP contribution is 2.57. The van der Waals surface area contributed by atoms with E-state index in [-0.39, 0.29) is 12.1 Å². The van der Waals surface area contributed by atoms with Gasteiger partial charge in [-0.3, -0.25) is 0 Å². The van der Waals surface area contributed by atoms with Gasteiger partial charge in [0.1, 0.15) is 6.10 Å². The van der Waals surface area contributed by atoms with E-state index in [1.807, 2.05) is 6.92 Å². The molecule has 0 aromatic rings. The first-order valence-electron chi connectivity index (χ1n) is 7.32. The number of hydrogen-bond donors (Lipinski definition) is 0. The molecule has 104 valence electrons. The van der Waals surface area contributed by atoms with E-state index in [4.69, 9.17) is 9.47 Å². The summed E-state index contributed by atoms with van der Waals surface area (Å²) in [5.41, 5.74) is 0. The summed E-state index contributed by atoms with van der Waals surface area (Å²) in [7, 11) is 0. The van der Waals surface area contributed by atoms with Gasteiger partial charge in [-0.1, -0.05) is 18.7 Å². The van der Waals surface area contributed by atoms with Crippen LogP contribution in [0.2, 0.25) is 0 Å². The molecule has 0 radical (unpaired) electrons. The van der Waals surface area contributed by atoms with E-state index in [0.717, 1.165) is 11.8 Å². The first-order valence-corrected chi connectivity index (χ1v) is 7.32. The monoisotopic (exact) mass is 262 g/mol.